The summed E-state index contributed by atoms with van der Waals surface area (Å²) in [4.78, 5) is 0. The molecule has 0 bridgehead atoms. The monoisotopic (exact) mass is 236 g/mol. The second-order valence-corrected chi connectivity index (χ2v) is 5.49. The minimum atomic E-state index is 0.528. The Balaban J connectivity index is 2.11. The summed E-state index contributed by atoms with van der Waals surface area (Å²) in [6.07, 6.45) is 6.96. The van der Waals surface area contributed by atoms with Crippen LogP contribution >= 0.6 is 8.81 Å². The van der Waals surface area contributed by atoms with Gasteiger partial charge in [-0.15, -0.1) is 0 Å². The van der Waals surface area contributed by atoms with Gasteiger partial charge in [-0.1, -0.05) is 43.5 Å². The molecule has 2 rings (SSSR count). The lowest BCUT2D eigenvalue weighted by atomic mass is 9.84. The summed E-state index contributed by atoms with van der Waals surface area (Å²) in [5.74, 6) is 0.790. The van der Waals surface area contributed by atoms with Gasteiger partial charge in [-0.25, -0.2) is 0 Å². The van der Waals surface area contributed by atoms with Crippen molar-refractivity contribution in [1.82, 2.24) is 0 Å². The van der Waals surface area contributed by atoms with E-state index in [9.17, 15) is 0 Å². The van der Waals surface area contributed by atoms with Gasteiger partial charge in [0.1, 0.15) is 0 Å². The third-order valence-corrected chi connectivity index (χ3v) is 4.44. The van der Waals surface area contributed by atoms with Gasteiger partial charge in [-0.3, -0.25) is 0 Å². The van der Waals surface area contributed by atoms with Crippen LogP contribution < -0.4 is 5.30 Å². The van der Waals surface area contributed by atoms with Crippen LogP contribution in [0.15, 0.2) is 24.3 Å². The maximum atomic E-state index is 5.58. The average Bonchev–Trinajstić information content (AvgIpc) is 2.38. The largest absolute Gasteiger partial charge is 0.358 e. The number of hydrogen-bond donors (Lipinski definition) is 0. The van der Waals surface area contributed by atoms with Gasteiger partial charge in [0.25, 0.3) is 0 Å². The van der Waals surface area contributed by atoms with Gasteiger partial charge in [0.05, 0.1) is 0 Å². The molecular weight excluding hydrogens is 215 g/mol. The standard InChI is InChI=1S/C14H21OP/c1-2-15-16-14-11-7-6-10-13(14)12-8-4-3-5-9-12/h6-7,10-12,16H,2-5,8-9H2,1H3. The van der Waals surface area contributed by atoms with E-state index in [-0.39, 0.29) is 0 Å². The first-order chi connectivity index (χ1) is 7.92. The van der Waals surface area contributed by atoms with Crippen LogP contribution in [0.4, 0.5) is 0 Å². The molecule has 2 heteroatoms. The lowest BCUT2D eigenvalue weighted by Crippen LogP contribution is -2.13. The third-order valence-electron chi connectivity index (χ3n) is 3.33. The van der Waals surface area contributed by atoms with Crippen LogP contribution in [0.25, 0.3) is 0 Å². The molecule has 1 aliphatic carbocycles. The zero-order valence-corrected chi connectivity index (χ0v) is 11.0. The third kappa shape index (κ3) is 3.06. The Bertz CT molecular complexity index is 318. The van der Waals surface area contributed by atoms with Crippen LogP contribution in [-0.2, 0) is 4.52 Å². The minimum Gasteiger partial charge on any atom is -0.358 e. The van der Waals surface area contributed by atoms with Gasteiger partial charge in [0.2, 0.25) is 0 Å². The van der Waals surface area contributed by atoms with Crippen molar-refractivity contribution in [3.63, 3.8) is 0 Å². The molecule has 0 spiro atoms. The van der Waals surface area contributed by atoms with Crippen LogP contribution in [-0.4, -0.2) is 6.61 Å². The number of benzene rings is 1. The molecule has 1 fully saturated rings. The molecule has 1 aromatic rings. The molecule has 0 amide bonds. The first-order valence-corrected chi connectivity index (χ1v) is 7.29. The Kier molecular flexibility index (Phi) is 4.81. The van der Waals surface area contributed by atoms with Crippen molar-refractivity contribution in [3.05, 3.63) is 29.8 Å². The molecule has 0 N–H and O–H groups in total. The highest BCUT2D eigenvalue weighted by molar-refractivity contribution is 7.42. The van der Waals surface area contributed by atoms with Crippen LogP contribution in [0, 0.1) is 0 Å². The Morgan fingerprint density at radius 2 is 1.94 bits per heavy atom. The summed E-state index contributed by atoms with van der Waals surface area (Å²) >= 11 is 0. The van der Waals surface area contributed by atoms with E-state index in [2.05, 4.69) is 31.2 Å². The summed E-state index contributed by atoms with van der Waals surface area (Å²) in [6.45, 7) is 2.88. The molecule has 1 aromatic carbocycles. The van der Waals surface area contributed by atoms with Crippen molar-refractivity contribution >= 4 is 14.1 Å². The molecule has 0 aliphatic heterocycles. The average molecular weight is 236 g/mol. The van der Waals surface area contributed by atoms with E-state index in [0.29, 0.717) is 8.81 Å². The first kappa shape index (κ1) is 12.1. The molecule has 1 saturated carbocycles. The second-order valence-electron chi connectivity index (χ2n) is 4.46. The molecule has 0 heterocycles. The minimum absolute atomic E-state index is 0.528. The normalized spacial score (nSPS) is 18.3. The summed E-state index contributed by atoms with van der Waals surface area (Å²) in [5.41, 5.74) is 1.55. The summed E-state index contributed by atoms with van der Waals surface area (Å²) in [7, 11) is 0.528. The zero-order valence-electron chi connectivity index (χ0n) is 10.0. The Labute approximate surface area is 100 Å². The van der Waals surface area contributed by atoms with Crippen molar-refractivity contribution in [1.29, 1.82) is 0 Å². The molecule has 88 valence electrons. The van der Waals surface area contributed by atoms with Gasteiger partial charge in [0, 0.05) is 20.7 Å². The van der Waals surface area contributed by atoms with Gasteiger partial charge in [0.15, 0.2) is 0 Å². The predicted molar refractivity (Wildman–Crippen MR) is 71.8 cm³/mol. The molecule has 16 heavy (non-hydrogen) atoms. The van der Waals surface area contributed by atoms with Crippen molar-refractivity contribution in [2.45, 2.75) is 44.9 Å². The Morgan fingerprint density at radius 1 is 1.19 bits per heavy atom. The van der Waals surface area contributed by atoms with E-state index in [4.69, 9.17) is 4.52 Å². The van der Waals surface area contributed by atoms with Gasteiger partial charge in [-0.2, -0.15) is 0 Å². The SMILES string of the molecule is CCOPc1ccccc1C1CCCCC1. The van der Waals surface area contributed by atoms with Crippen molar-refractivity contribution in [2.24, 2.45) is 0 Å². The maximum absolute atomic E-state index is 5.58. The van der Waals surface area contributed by atoms with Crippen LogP contribution in [0.3, 0.4) is 0 Å². The van der Waals surface area contributed by atoms with Gasteiger partial charge in [-0.05, 0) is 31.2 Å². The Hall–Kier alpha value is -0.390. The highest BCUT2D eigenvalue weighted by Crippen LogP contribution is 2.33. The maximum Gasteiger partial charge on any atom is 0.0481 e. The highest BCUT2D eigenvalue weighted by atomic mass is 31.1. The highest BCUT2D eigenvalue weighted by Gasteiger charge is 2.17. The molecule has 1 unspecified atom stereocenters. The summed E-state index contributed by atoms with van der Waals surface area (Å²) in [5, 5.41) is 1.43. The smallest absolute Gasteiger partial charge is 0.0481 e. The second kappa shape index (κ2) is 6.37. The van der Waals surface area contributed by atoms with E-state index < -0.39 is 0 Å². The lowest BCUT2D eigenvalue weighted by molar-refractivity contribution is 0.393. The molecule has 0 saturated heterocycles. The molecule has 0 radical (unpaired) electrons. The molecular formula is C14H21OP. The molecule has 0 aromatic heterocycles. The van der Waals surface area contributed by atoms with E-state index >= 15 is 0 Å². The van der Waals surface area contributed by atoms with Crippen LogP contribution in [0.2, 0.25) is 0 Å². The van der Waals surface area contributed by atoms with Crippen LogP contribution in [0.1, 0.15) is 50.5 Å². The quantitative estimate of drug-likeness (QED) is 0.718. The van der Waals surface area contributed by atoms with Crippen LogP contribution in [0.5, 0.6) is 0 Å². The molecule has 1 nitrogen and oxygen atoms in total. The van der Waals surface area contributed by atoms with Crippen molar-refractivity contribution in [3.8, 4) is 0 Å². The van der Waals surface area contributed by atoms with Gasteiger partial charge < -0.3 is 4.52 Å². The topological polar surface area (TPSA) is 9.23 Å². The summed E-state index contributed by atoms with van der Waals surface area (Å²) < 4.78 is 5.58. The van der Waals surface area contributed by atoms with Crippen molar-refractivity contribution in [2.75, 3.05) is 6.61 Å². The van der Waals surface area contributed by atoms with Crippen molar-refractivity contribution < 1.29 is 4.52 Å². The number of rotatable bonds is 4. The predicted octanol–water partition coefficient (Wildman–Crippen LogP) is 3.99. The van der Waals surface area contributed by atoms with E-state index in [0.717, 1.165) is 12.5 Å². The van der Waals surface area contributed by atoms with E-state index in [1.54, 1.807) is 5.56 Å². The fourth-order valence-corrected chi connectivity index (χ4v) is 3.38. The number of hydrogen-bond acceptors (Lipinski definition) is 1. The molecule has 1 atom stereocenters. The van der Waals surface area contributed by atoms with E-state index in [1.807, 2.05) is 0 Å². The fourth-order valence-electron chi connectivity index (χ4n) is 2.51. The fraction of sp³-hybridized carbons (Fsp3) is 0.571. The first-order valence-electron chi connectivity index (χ1n) is 6.38. The molecule has 1 aliphatic rings. The van der Waals surface area contributed by atoms with E-state index in [1.165, 1.54) is 37.4 Å². The Morgan fingerprint density at radius 3 is 2.69 bits per heavy atom. The zero-order chi connectivity index (χ0) is 11.2. The van der Waals surface area contributed by atoms with Gasteiger partial charge >= 0.3 is 0 Å². The summed E-state index contributed by atoms with van der Waals surface area (Å²) in [6, 6.07) is 8.84. The lowest BCUT2D eigenvalue weighted by Gasteiger charge is -2.24.